The number of nitrogens with one attached hydrogen (secondary N) is 2. The van der Waals surface area contributed by atoms with Crippen LogP contribution in [0.1, 0.15) is 17.3 Å². The lowest BCUT2D eigenvalue weighted by Gasteiger charge is -2.13. The monoisotopic (exact) mass is 350 g/mol. The molecule has 2 N–H and O–H groups in total. The van der Waals surface area contributed by atoms with Gasteiger partial charge in [-0.25, -0.2) is 9.59 Å². The molecule has 1 rings (SSSR count). The van der Waals surface area contributed by atoms with Crippen LogP contribution in [0.15, 0.2) is 29.2 Å². The Bertz CT molecular complexity index is 590. The largest absolute Gasteiger partial charge is 0.449 e. The van der Waals surface area contributed by atoms with Gasteiger partial charge in [-0.05, 0) is 43.0 Å². The molecular weight excluding hydrogens is 337 g/mol. The fourth-order valence-corrected chi connectivity index (χ4v) is 1.89. The molecule has 0 saturated heterocycles. The van der Waals surface area contributed by atoms with Gasteiger partial charge in [0.2, 0.25) is 0 Å². The predicted molar refractivity (Wildman–Crippen MR) is 75.8 cm³/mol. The second-order valence-electron chi connectivity index (χ2n) is 4.19. The highest BCUT2D eigenvalue weighted by atomic mass is 32.2. The Labute approximate surface area is 133 Å². The topological polar surface area (TPSA) is 84.5 Å². The van der Waals surface area contributed by atoms with Gasteiger partial charge in [0.15, 0.2) is 6.10 Å². The molecule has 1 aromatic rings. The Balaban J connectivity index is 2.64. The zero-order valence-corrected chi connectivity index (χ0v) is 12.9. The van der Waals surface area contributed by atoms with Crippen molar-refractivity contribution in [2.24, 2.45) is 0 Å². The van der Waals surface area contributed by atoms with Crippen LogP contribution in [0.25, 0.3) is 0 Å². The molecule has 0 radical (unpaired) electrons. The van der Waals surface area contributed by atoms with Crippen LogP contribution in [-0.4, -0.2) is 36.6 Å². The van der Waals surface area contributed by atoms with Gasteiger partial charge in [0, 0.05) is 11.9 Å². The maximum Gasteiger partial charge on any atom is 0.446 e. The molecule has 0 saturated carbocycles. The van der Waals surface area contributed by atoms with Gasteiger partial charge in [-0.2, -0.15) is 13.2 Å². The molecule has 0 aliphatic rings. The molecule has 10 heteroatoms. The lowest BCUT2D eigenvalue weighted by Crippen LogP contribution is -2.43. The molecule has 0 heterocycles. The van der Waals surface area contributed by atoms with E-state index in [4.69, 9.17) is 4.74 Å². The number of alkyl halides is 3. The first-order chi connectivity index (χ1) is 10.6. The highest BCUT2D eigenvalue weighted by Gasteiger charge is 2.29. The number of halogens is 3. The zero-order valence-electron chi connectivity index (χ0n) is 12.1. The minimum absolute atomic E-state index is 0.0175. The van der Waals surface area contributed by atoms with Crippen LogP contribution in [0, 0.1) is 0 Å². The van der Waals surface area contributed by atoms with Crippen molar-refractivity contribution in [1.82, 2.24) is 10.6 Å². The van der Waals surface area contributed by atoms with Crippen molar-refractivity contribution >= 4 is 29.7 Å². The van der Waals surface area contributed by atoms with Crippen LogP contribution in [0.3, 0.4) is 0 Å². The summed E-state index contributed by atoms with van der Waals surface area (Å²) in [7, 11) is 1.31. The smallest absolute Gasteiger partial charge is 0.446 e. The van der Waals surface area contributed by atoms with Crippen LogP contribution in [0.2, 0.25) is 0 Å². The van der Waals surface area contributed by atoms with Crippen LogP contribution < -0.4 is 10.6 Å². The first-order valence-corrected chi connectivity index (χ1v) is 7.03. The van der Waals surface area contributed by atoms with Gasteiger partial charge in [0.05, 0.1) is 5.56 Å². The molecule has 1 atom stereocenters. The third-order valence-electron chi connectivity index (χ3n) is 2.44. The van der Waals surface area contributed by atoms with E-state index < -0.39 is 29.5 Å². The number of esters is 1. The number of amides is 3. The van der Waals surface area contributed by atoms with Crippen molar-refractivity contribution in [2.45, 2.75) is 23.4 Å². The molecule has 23 heavy (non-hydrogen) atoms. The quantitative estimate of drug-likeness (QED) is 0.643. The van der Waals surface area contributed by atoms with E-state index >= 15 is 0 Å². The maximum atomic E-state index is 12.2. The van der Waals surface area contributed by atoms with Crippen molar-refractivity contribution in [3.63, 3.8) is 0 Å². The van der Waals surface area contributed by atoms with Crippen LogP contribution >= 0.6 is 11.8 Å². The fourth-order valence-electron chi connectivity index (χ4n) is 1.35. The summed E-state index contributed by atoms with van der Waals surface area (Å²) in [4.78, 5) is 34.2. The highest BCUT2D eigenvalue weighted by molar-refractivity contribution is 8.00. The third-order valence-corrected chi connectivity index (χ3v) is 3.18. The number of thioether (sulfide) groups is 1. The number of hydrogen-bond donors (Lipinski definition) is 2. The lowest BCUT2D eigenvalue weighted by atomic mass is 10.2. The summed E-state index contributed by atoms with van der Waals surface area (Å²) in [5.74, 6) is -1.73. The van der Waals surface area contributed by atoms with Crippen molar-refractivity contribution in [3.05, 3.63) is 29.8 Å². The van der Waals surface area contributed by atoms with Crippen molar-refractivity contribution in [3.8, 4) is 0 Å². The Morgan fingerprint density at radius 1 is 1.17 bits per heavy atom. The molecule has 126 valence electrons. The van der Waals surface area contributed by atoms with E-state index in [0.29, 0.717) is 0 Å². The lowest BCUT2D eigenvalue weighted by molar-refractivity contribution is -0.127. The molecule has 0 fully saturated rings. The standard InChI is InChI=1S/C13H13F3N2O4S/c1-7(10(19)18-12(21)17-2)22-11(20)8-3-5-9(6-4-8)23-13(14,15)16/h3-7H,1-2H3,(H2,17,18,19,21)/t7-/m0/s1. The Hall–Kier alpha value is -2.23. The summed E-state index contributed by atoms with van der Waals surface area (Å²) < 4.78 is 41.4. The summed E-state index contributed by atoms with van der Waals surface area (Å²) in [5.41, 5.74) is -4.44. The van der Waals surface area contributed by atoms with E-state index in [1.807, 2.05) is 5.32 Å². The van der Waals surface area contributed by atoms with E-state index in [1.165, 1.54) is 14.0 Å². The fraction of sp³-hybridized carbons (Fsp3) is 0.308. The van der Waals surface area contributed by atoms with Gasteiger partial charge >= 0.3 is 17.5 Å². The third kappa shape index (κ3) is 6.59. The van der Waals surface area contributed by atoms with Gasteiger partial charge < -0.3 is 10.1 Å². The number of hydrogen-bond acceptors (Lipinski definition) is 5. The average molecular weight is 350 g/mol. The van der Waals surface area contributed by atoms with Crippen LogP contribution in [0.5, 0.6) is 0 Å². The first kappa shape index (κ1) is 18.8. The summed E-state index contributed by atoms with van der Waals surface area (Å²) in [6.07, 6.45) is -1.25. The number of rotatable bonds is 4. The summed E-state index contributed by atoms with van der Waals surface area (Å²) in [6.45, 7) is 1.25. The average Bonchev–Trinajstić information content (AvgIpc) is 2.45. The molecule has 0 aliphatic heterocycles. The van der Waals surface area contributed by atoms with Gasteiger partial charge in [0.25, 0.3) is 5.91 Å². The molecular formula is C13H13F3N2O4S. The van der Waals surface area contributed by atoms with E-state index in [2.05, 4.69) is 5.32 Å². The zero-order chi connectivity index (χ0) is 17.6. The number of ether oxygens (including phenoxy) is 1. The van der Waals surface area contributed by atoms with Gasteiger partial charge in [0.1, 0.15) is 0 Å². The van der Waals surface area contributed by atoms with Gasteiger partial charge in [-0.15, -0.1) is 0 Å². The molecule has 0 spiro atoms. The van der Waals surface area contributed by atoms with E-state index in [1.54, 1.807) is 0 Å². The van der Waals surface area contributed by atoms with E-state index in [9.17, 15) is 27.6 Å². The molecule has 1 aromatic carbocycles. The molecule has 0 bridgehead atoms. The summed E-state index contributed by atoms with van der Waals surface area (Å²) >= 11 is -0.311. The second kappa shape index (κ2) is 7.86. The minimum Gasteiger partial charge on any atom is -0.449 e. The summed E-state index contributed by atoms with van der Waals surface area (Å²) in [5, 5.41) is 4.08. The normalized spacial score (nSPS) is 12.2. The molecule has 0 aliphatic carbocycles. The number of imide groups is 1. The first-order valence-electron chi connectivity index (χ1n) is 6.21. The van der Waals surface area contributed by atoms with Gasteiger partial charge in [-0.1, -0.05) is 0 Å². The molecule has 3 amide bonds. The number of benzene rings is 1. The highest BCUT2D eigenvalue weighted by Crippen LogP contribution is 2.36. The van der Waals surface area contributed by atoms with E-state index in [-0.39, 0.29) is 22.2 Å². The second-order valence-corrected chi connectivity index (χ2v) is 5.33. The molecule has 0 unspecified atom stereocenters. The van der Waals surface area contributed by atoms with Crippen molar-refractivity contribution < 1.29 is 32.3 Å². The number of urea groups is 1. The van der Waals surface area contributed by atoms with E-state index in [0.717, 1.165) is 24.3 Å². The van der Waals surface area contributed by atoms with Crippen molar-refractivity contribution in [2.75, 3.05) is 7.05 Å². The molecule has 0 aromatic heterocycles. The summed E-state index contributed by atoms with van der Waals surface area (Å²) in [6, 6.07) is 3.78. The number of carbonyl (C=O) groups is 3. The molecule has 6 nitrogen and oxygen atoms in total. The Morgan fingerprint density at radius 3 is 2.22 bits per heavy atom. The minimum atomic E-state index is -4.42. The SMILES string of the molecule is CNC(=O)NC(=O)[C@H](C)OC(=O)c1ccc(SC(F)(F)F)cc1. The van der Waals surface area contributed by atoms with Crippen molar-refractivity contribution in [1.29, 1.82) is 0 Å². The predicted octanol–water partition coefficient (Wildman–Crippen LogP) is 2.30. The van der Waals surface area contributed by atoms with Crippen LogP contribution in [-0.2, 0) is 9.53 Å². The Morgan fingerprint density at radius 2 is 1.74 bits per heavy atom. The Kier molecular flexibility index (Phi) is 6.43. The number of carbonyl (C=O) groups excluding carboxylic acids is 3. The van der Waals surface area contributed by atoms with Crippen LogP contribution in [0.4, 0.5) is 18.0 Å². The van der Waals surface area contributed by atoms with Gasteiger partial charge in [-0.3, -0.25) is 10.1 Å². The maximum absolute atomic E-state index is 12.2.